The maximum Gasteiger partial charge on any atom is 0.147 e. The average molecular weight is 234 g/mol. The number of nitrogens with zero attached hydrogens (tertiary/aromatic N) is 1. The highest BCUT2D eigenvalue weighted by molar-refractivity contribution is 5.64. The molecule has 0 aliphatic rings. The van der Waals surface area contributed by atoms with Crippen LogP contribution in [0.25, 0.3) is 0 Å². The highest BCUT2D eigenvalue weighted by atomic mass is 19.1. The number of nitrogen functional groups attached to an aromatic ring is 1. The topological polar surface area (TPSA) is 29.3 Å². The van der Waals surface area contributed by atoms with Crippen LogP contribution in [0.2, 0.25) is 0 Å². The van der Waals surface area contributed by atoms with Crippen LogP contribution >= 0.6 is 0 Å². The van der Waals surface area contributed by atoms with Crippen LogP contribution in [0, 0.1) is 11.6 Å². The van der Waals surface area contributed by atoms with Crippen LogP contribution in [-0.2, 0) is 0 Å². The van der Waals surface area contributed by atoms with Gasteiger partial charge in [0.15, 0.2) is 0 Å². The highest BCUT2D eigenvalue weighted by Crippen LogP contribution is 2.27. The van der Waals surface area contributed by atoms with Gasteiger partial charge in [0, 0.05) is 24.5 Å². The van der Waals surface area contributed by atoms with E-state index in [-0.39, 0.29) is 5.69 Å². The van der Waals surface area contributed by atoms with Crippen LogP contribution < -0.4 is 10.6 Å². The lowest BCUT2D eigenvalue weighted by molar-refractivity contribution is 0.600. The molecule has 2 N–H and O–H groups in total. The van der Waals surface area contributed by atoms with Gasteiger partial charge in [-0.15, -0.1) is 0 Å². The standard InChI is InChI=1S/C13H12F2N2/c1-17(11-5-3-10(16)4-6-11)13-8-9(14)2-7-12(13)15/h2-8H,16H2,1H3. The van der Waals surface area contributed by atoms with Gasteiger partial charge in [-0.3, -0.25) is 0 Å². The van der Waals surface area contributed by atoms with Gasteiger partial charge < -0.3 is 10.6 Å². The number of halogens is 2. The van der Waals surface area contributed by atoms with Crippen LogP contribution in [0.3, 0.4) is 0 Å². The van der Waals surface area contributed by atoms with Crippen LogP contribution in [0.15, 0.2) is 42.5 Å². The molecule has 17 heavy (non-hydrogen) atoms. The third-order valence-electron chi connectivity index (χ3n) is 2.55. The summed E-state index contributed by atoms with van der Waals surface area (Å²) in [5.74, 6) is -0.936. The number of hydrogen-bond acceptors (Lipinski definition) is 2. The maximum absolute atomic E-state index is 13.6. The molecule has 0 amide bonds. The predicted octanol–water partition coefficient (Wildman–Crippen LogP) is 3.31. The molecule has 0 heterocycles. The zero-order valence-electron chi connectivity index (χ0n) is 9.32. The third-order valence-corrected chi connectivity index (χ3v) is 2.55. The molecule has 88 valence electrons. The van der Waals surface area contributed by atoms with Crippen LogP contribution in [0.1, 0.15) is 0 Å². The van der Waals surface area contributed by atoms with Gasteiger partial charge in [0.1, 0.15) is 11.6 Å². The number of benzene rings is 2. The van der Waals surface area contributed by atoms with Gasteiger partial charge in [-0.1, -0.05) is 0 Å². The molecule has 0 unspecified atom stereocenters. The Bertz CT molecular complexity index is 523. The predicted molar refractivity (Wildman–Crippen MR) is 65.3 cm³/mol. The first-order valence-corrected chi connectivity index (χ1v) is 5.12. The number of nitrogens with two attached hydrogens (primary N) is 1. The van der Waals surface area contributed by atoms with Crippen molar-refractivity contribution >= 4 is 17.1 Å². The summed E-state index contributed by atoms with van der Waals surface area (Å²) in [5, 5.41) is 0. The van der Waals surface area contributed by atoms with Gasteiger partial charge in [-0.25, -0.2) is 8.78 Å². The van der Waals surface area contributed by atoms with E-state index in [1.54, 1.807) is 36.2 Å². The summed E-state index contributed by atoms with van der Waals surface area (Å²) in [7, 11) is 1.67. The van der Waals surface area contributed by atoms with Crippen molar-refractivity contribution in [2.45, 2.75) is 0 Å². The Morgan fingerprint density at radius 1 is 1.00 bits per heavy atom. The largest absolute Gasteiger partial charge is 0.399 e. The van der Waals surface area contributed by atoms with Gasteiger partial charge in [-0.2, -0.15) is 0 Å². The van der Waals surface area contributed by atoms with Gasteiger partial charge in [0.25, 0.3) is 0 Å². The molecule has 0 aliphatic heterocycles. The zero-order chi connectivity index (χ0) is 12.4. The van der Waals surface area contributed by atoms with E-state index >= 15 is 0 Å². The first-order valence-electron chi connectivity index (χ1n) is 5.12. The molecule has 0 radical (unpaired) electrons. The Labute approximate surface area is 98.3 Å². The first kappa shape index (κ1) is 11.4. The fraction of sp³-hybridized carbons (Fsp3) is 0.0769. The summed E-state index contributed by atoms with van der Waals surface area (Å²) in [6, 6.07) is 10.3. The summed E-state index contributed by atoms with van der Waals surface area (Å²) in [4.78, 5) is 1.57. The molecule has 0 saturated carbocycles. The van der Waals surface area contributed by atoms with Crippen molar-refractivity contribution in [3.63, 3.8) is 0 Å². The van der Waals surface area contributed by atoms with Crippen molar-refractivity contribution in [2.24, 2.45) is 0 Å². The number of hydrogen-bond donors (Lipinski definition) is 1. The molecule has 0 aliphatic carbocycles. The Kier molecular flexibility index (Phi) is 2.95. The highest BCUT2D eigenvalue weighted by Gasteiger charge is 2.10. The SMILES string of the molecule is CN(c1ccc(N)cc1)c1cc(F)ccc1F. The van der Waals surface area contributed by atoms with Gasteiger partial charge in [-0.05, 0) is 36.4 Å². The van der Waals surface area contributed by atoms with E-state index in [1.165, 1.54) is 0 Å². The zero-order valence-corrected chi connectivity index (χ0v) is 9.32. The minimum atomic E-state index is -0.469. The molecule has 4 heteroatoms. The lowest BCUT2D eigenvalue weighted by Gasteiger charge is -2.20. The van der Waals surface area contributed by atoms with Crippen LogP contribution in [0.4, 0.5) is 25.8 Å². The monoisotopic (exact) mass is 234 g/mol. The van der Waals surface area contributed by atoms with Gasteiger partial charge >= 0.3 is 0 Å². The van der Waals surface area contributed by atoms with Crippen molar-refractivity contribution in [1.82, 2.24) is 0 Å². The van der Waals surface area contributed by atoms with E-state index in [2.05, 4.69) is 0 Å². The normalized spacial score (nSPS) is 10.3. The Balaban J connectivity index is 2.39. The van der Waals surface area contributed by atoms with Crippen molar-refractivity contribution in [1.29, 1.82) is 0 Å². The average Bonchev–Trinajstić information content (AvgIpc) is 2.32. The molecule has 0 saturated heterocycles. The van der Waals surface area contributed by atoms with E-state index < -0.39 is 11.6 Å². The van der Waals surface area contributed by atoms with E-state index in [0.29, 0.717) is 5.69 Å². The van der Waals surface area contributed by atoms with Gasteiger partial charge in [0.2, 0.25) is 0 Å². The van der Waals surface area contributed by atoms with E-state index in [0.717, 1.165) is 23.9 Å². The van der Waals surface area contributed by atoms with E-state index in [1.807, 2.05) is 0 Å². The van der Waals surface area contributed by atoms with Gasteiger partial charge in [0.05, 0.1) is 5.69 Å². The molecular formula is C13H12F2N2. The molecule has 0 aromatic heterocycles. The summed E-state index contributed by atoms with van der Waals surface area (Å²) < 4.78 is 26.6. The number of rotatable bonds is 2. The summed E-state index contributed by atoms with van der Waals surface area (Å²) in [5.41, 5.74) is 7.12. The molecule has 2 aromatic rings. The molecule has 0 spiro atoms. The van der Waals surface area contributed by atoms with E-state index in [4.69, 9.17) is 5.73 Å². The quantitative estimate of drug-likeness (QED) is 0.808. The van der Waals surface area contributed by atoms with Crippen LogP contribution in [0.5, 0.6) is 0 Å². The van der Waals surface area contributed by atoms with E-state index in [9.17, 15) is 8.78 Å². The second-order valence-electron chi connectivity index (χ2n) is 3.75. The van der Waals surface area contributed by atoms with Crippen molar-refractivity contribution in [3.8, 4) is 0 Å². The molecule has 0 fully saturated rings. The van der Waals surface area contributed by atoms with Crippen LogP contribution in [-0.4, -0.2) is 7.05 Å². The lowest BCUT2D eigenvalue weighted by atomic mass is 10.2. The van der Waals surface area contributed by atoms with Crippen molar-refractivity contribution in [3.05, 3.63) is 54.1 Å². The fourth-order valence-electron chi connectivity index (χ4n) is 1.58. The Hall–Kier alpha value is -2.10. The Morgan fingerprint density at radius 3 is 2.29 bits per heavy atom. The Morgan fingerprint density at radius 2 is 1.65 bits per heavy atom. The summed E-state index contributed by atoms with van der Waals surface area (Å²) >= 11 is 0. The van der Waals surface area contributed by atoms with Crippen molar-refractivity contribution in [2.75, 3.05) is 17.7 Å². The second kappa shape index (κ2) is 4.41. The summed E-state index contributed by atoms with van der Waals surface area (Å²) in [6.07, 6.45) is 0. The molecule has 2 nitrogen and oxygen atoms in total. The second-order valence-corrected chi connectivity index (χ2v) is 3.75. The molecule has 0 atom stereocenters. The fourth-order valence-corrected chi connectivity index (χ4v) is 1.58. The lowest BCUT2D eigenvalue weighted by Crippen LogP contribution is -2.11. The van der Waals surface area contributed by atoms with Crippen molar-refractivity contribution < 1.29 is 8.78 Å². The third kappa shape index (κ3) is 2.36. The molecule has 2 rings (SSSR count). The maximum atomic E-state index is 13.6. The first-order chi connectivity index (χ1) is 8.08. The summed E-state index contributed by atoms with van der Waals surface area (Å²) in [6.45, 7) is 0. The minimum absolute atomic E-state index is 0.190. The smallest absolute Gasteiger partial charge is 0.147 e. The number of anilines is 3. The molecule has 0 bridgehead atoms. The molecular weight excluding hydrogens is 222 g/mol. The minimum Gasteiger partial charge on any atom is -0.399 e. The molecule has 2 aromatic carbocycles.